The number of aliphatic hydroxyl groups excluding tert-OH is 1. The van der Waals surface area contributed by atoms with E-state index in [0.717, 1.165) is 32.3 Å². The molecule has 0 aromatic heterocycles. The van der Waals surface area contributed by atoms with E-state index in [4.69, 9.17) is 4.74 Å². The lowest BCUT2D eigenvalue weighted by molar-refractivity contribution is 0.126. The monoisotopic (exact) mass is 275 g/mol. The number of hydrogen-bond acceptors (Lipinski definition) is 4. The smallest absolute Gasteiger partial charge is 0.0541 e. The molecule has 4 heteroatoms. The number of unbranched alkanes of at least 4 members (excludes halogenated alkanes) is 2. The molecule has 1 atom stereocenters. The van der Waals surface area contributed by atoms with Gasteiger partial charge in [-0.15, -0.1) is 0 Å². The van der Waals surface area contributed by atoms with Crippen molar-refractivity contribution < 1.29 is 9.84 Å². The number of aliphatic hydroxyl groups is 1. The maximum absolute atomic E-state index is 9.76. The van der Waals surface area contributed by atoms with E-state index in [1.807, 2.05) is 0 Å². The van der Waals surface area contributed by atoms with Crippen molar-refractivity contribution in [1.29, 1.82) is 0 Å². The predicted molar refractivity (Wildman–Crippen MR) is 79.3 cm³/mol. The molecule has 0 saturated carbocycles. The van der Waals surface area contributed by atoms with Crippen molar-refractivity contribution in [2.75, 3.05) is 44.9 Å². The minimum absolute atomic E-state index is 0.119. The van der Waals surface area contributed by atoms with Gasteiger partial charge >= 0.3 is 0 Å². The third kappa shape index (κ3) is 8.35. The quantitative estimate of drug-likeness (QED) is 0.621. The lowest BCUT2D eigenvalue weighted by atomic mass is 10.1. The van der Waals surface area contributed by atoms with Gasteiger partial charge in [-0.05, 0) is 32.2 Å². The Morgan fingerprint density at radius 3 is 2.56 bits per heavy atom. The van der Waals surface area contributed by atoms with E-state index in [2.05, 4.69) is 16.7 Å². The minimum Gasteiger partial charge on any atom is -0.393 e. The van der Waals surface area contributed by atoms with E-state index in [1.165, 1.54) is 44.0 Å². The molecule has 0 unspecified atom stereocenters. The highest BCUT2D eigenvalue weighted by Crippen LogP contribution is 2.12. The van der Waals surface area contributed by atoms with Gasteiger partial charge in [-0.25, -0.2) is 0 Å². The van der Waals surface area contributed by atoms with E-state index < -0.39 is 0 Å². The van der Waals surface area contributed by atoms with Gasteiger partial charge in [0.2, 0.25) is 0 Å². The normalized spacial score (nSPS) is 19.0. The zero-order valence-corrected chi connectivity index (χ0v) is 12.6. The van der Waals surface area contributed by atoms with Crippen molar-refractivity contribution in [2.45, 2.75) is 44.6 Å². The molecule has 3 nitrogen and oxygen atoms in total. The van der Waals surface area contributed by atoms with Crippen LogP contribution < -0.4 is 0 Å². The molecule has 1 fully saturated rings. The van der Waals surface area contributed by atoms with Gasteiger partial charge in [0.1, 0.15) is 0 Å². The third-order valence-electron chi connectivity index (χ3n) is 3.50. The standard InChI is InChI=1S/C14H29NO2S/c1-17-11-5-7-14(16)6-3-2-4-8-15-9-12-18-13-10-15/h14,16H,2-13H2,1H3/t14-/m0/s1. The molecule has 1 aliphatic rings. The molecule has 1 rings (SSSR count). The highest BCUT2D eigenvalue weighted by atomic mass is 32.2. The SMILES string of the molecule is COCCC[C@@H](O)CCCCCN1CCSCC1. The van der Waals surface area contributed by atoms with Gasteiger partial charge in [-0.3, -0.25) is 0 Å². The number of nitrogens with zero attached hydrogens (tertiary/aromatic N) is 1. The maximum Gasteiger partial charge on any atom is 0.0541 e. The zero-order chi connectivity index (χ0) is 13.1. The molecule has 0 bridgehead atoms. The second kappa shape index (κ2) is 11.1. The summed E-state index contributed by atoms with van der Waals surface area (Å²) in [5.74, 6) is 2.61. The summed E-state index contributed by atoms with van der Waals surface area (Å²) in [5.41, 5.74) is 0. The summed E-state index contributed by atoms with van der Waals surface area (Å²) in [5, 5.41) is 9.76. The molecule has 1 aliphatic heterocycles. The van der Waals surface area contributed by atoms with Gasteiger partial charge in [0.25, 0.3) is 0 Å². The van der Waals surface area contributed by atoms with Crippen LogP contribution in [0.2, 0.25) is 0 Å². The van der Waals surface area contributed by atoms with Crippen molar-refractivity contribution >= 4 is 11.8 Å². The topological polar surface area (TPSA) is 32.7 Å². The molecule has 0 aromatic carbocycles. The van der Waals surface area contributed by atoms with Crippen molar-refractivity contribution in [3.8, 4) is 0 Å². The third-order valence-corrected chi connectivity index (χ3v) is 4.44. The largest absolute Gasteiger partial charge is 0.393 e. The van der Waals surface area contributed by atoms with Crippen LogP contribution in [0.3, 0.4) is 0 Å². The zero-order valence-electron chi connectivity index (χ0n) is 11.8. The Morgan fingerprint density at radius 1 is 1.11 bits per heavy atom. The first kappa shape index (κ1) is 16.3. The lowest BCUT2D eigenvalue weighted by Crippen LogP contribution is -2.33. The Morgan fingerprint density at radius 2 is 1.83 bits per heavy atom. The Hall–Kier alpha value is 0.230. The van der Waals surface area contributed by atoms with E-state index in [9.17, 15) is 5.11 Å². The van der Waals surface area contributed by atoms with Crippen molar-refractivity contribution in [3.05, 3.63) is 0 Å². The summed E-state index contributed by atoms with van der Waals surface area (Å²) in [4.78, 5) is 2.57. The minimum atomic E-state index is -0.119. The number of thioether (sulfide) groups is 1. The Labute approximate surface area is 116 Å². The van der Waals surface area contributed by atoms with Crippen LogP contribution in [0.5, 0.6) is 0 Å². The molecular weight excluding hydrogens is 246 g/mol. The fourth-order valence-electron chi connectivity index (χ4n) is 2.32. The van der Waals surface area contributed by atoms with Crippen molar-refractivity contribution in [3.63, 3.8) is 0 Å². The van der Waals surface area contributed by atoms with Crippen LogP contribution in [0, 0.1) is 0 Å². The second-order valence-electron chi connectivity index (χ2n) is 5.09. The predicted octanol–water partition coefficient (Wildman–Crippen LogP) is 2.38. The molecule has 0 radical (unpaired) electrons. The highest BCUT2D eigenvalue weighted by Gasteiger charge is 2.09. The summed E-state index contributed by atoms with van der Waals surface area (Å²) in [7, 11) is 1.71. The average molecular weight is 275 g/mol. The van der Waals surface area contributed by atoms with E-state index in [1.54, 1.807) is 7.11 Å². The Balaban J connectivity index is 1.85. The number of hydrogen-bond donors (Lipinski definition) is 1. The van der Waals surface area contributed by atoms with E-state index in [0.29, 0.717) is 0 Å². The number of ether oxygens (including phenoxy) is 1. The molecule has 0 aliphatic carbocycles. The summed E-state index contributed by atoms with van der Waals surface area (Å²) >= 11 is 2.07. The average Bonchev–Trinajstić information content (AvgIpc) is 2.40. The summed E-state index contributed by atoms with van der Waals surface area (Å²) in [6.07, 6.45) is 6.41. The molecule has 108 valence electrons. The number of rotatable bonds is 10. The Kier molecular flexibility index (Phi) is 10.0. The fraction of sp³-hybridized carbons (Fsp3) is 1.00. The molecule has 1 saturated heterocycles. The first-order valence-corrected chi connectivity index (χ1v) is 8.45. The molecule has 1 heterocycles. The molecular formula is C14H29NO2S. The van der Waals surface area contributed by atoms with Crippen LogP contribution in [0.1, 0.15) is 38.5 Å². The van der Waals surface area contributed by atoms with Gasteiger partial charge in [0.05, 0.1) is 6.10 Å². The highest BCUT2D eigenvalue weighted by molar-refractivity contribution is 7.99. The summed E-state index contributed by atoms with van der Waals surface area (Å²) < 4.78 is 4.98. The van der Waals surface area contributed by atoms with Crippen molar-refractivity contribution in [1.82, 2.24) is 4.90 Å². The molecule has 18 heavy (non-hydrogen) atoms. The summed E-state index contributed by atoms with van der Waals surface area (Å²) in [6.45, 7) is 4.55. The summed E-state index contributed by atoms with van der Waals surface area (Å²) in [6, 6.07) is 0. The first-order chi connectivity index (χ1) is 8.83. The fourth-order valence-corrected chi connectivity index (χ4v) is 3.30. The van der Waals surface area contributed by atoms with Gasteiger partial charge in [-0.2, -0.15) is 11.8 Å². The maximum atomic E-state index is 9.76. The lowest BCUT2D eigenvalue weighted by Gasteiger charge is -2.25. The van der Waals surface area contributed by atoms with Crippen molar-refractivity contribution in [2.24, 2.45) is 0 Å². The van der Waals surface area contributed by atoms with Gasteiger partial charge in [0.15, 0.2) is 0 Å². The van der Waals surface area contributed by atoms with Crippen LogP contribution in [0.15, 0.2) is 0 Å². The van der Waals surface area contributed by atoms with E-state index in [-0.39, 0.29) is 6.10 Å². The molecule has 0 aromatic rings. The molecule has 1 N–H and O–H groups in total. The van der Waals surface area contributed by atoms with Crippen LogP contribution in [-0.4, -0.2) is 61.0 Å². The van der Waals surface area contributed by atoms with E-state index >= 15 is 0 Å². The van der Waals surface area contributed by atoms with Crippen LogP contribution in [-0.2, 0) is 4.74 Å². The van der Waals surface area contributed by atoms with Gasteiger partial charge in [0, 0.05) is 38.3 Å². The van der Waals surface area contributed by atoms with Crippen LogP contribution in [0.4, 0.5) is 0 Å². The first-order valence-electron chi connectivity index (χ1n) is 7.30. The second-order valence-corrected chi connectivity index (χ2v) is 6.32. The molecule has 0 amide bonds. The Bertz CT molecular complexity index is 187. The molecule has 0 spiro atoms. The number of methoxy groups -OCH3 is 1. The van der Waals surface area contributed by atoms with Gasteiger partial charge < -0.3 is 14.7 Å². The van der Waals surface area contributed by atoms with Crippen LogP contribution in [0.25, 0.3) is 0 Å². The van der Waals surface area contributed by atoms with Crippen LogP contribution >= 0.6 is 11.8 Å². The van der Waals surface area contributed by atoms with Gasteiger partial charge in [-0.1, -0.05) is 12.8 Å².